The smallest absolute Gasteiger partial charge is 0.266 e. The van der Waals surface area contributed by atoms with E-state index in [1.165, 1.54) is 11.3 Å². The first kappa shape index (κ1) is 13.0. The predicted molar refractivity (Wildman–Crippen MR) is 81.9 cm³/mol. The topological polar surface area (TPSA) is 72.1 Å². The van der Waals surface area contributed by atoms with E-state index in [0.29, 0.717) is 21.9 Å². The minimum Gasteiger partial charge on any atom is -0.397 e. The maximum Gasteiger partial charge on any atom is 0.266 e. The third kappa shape index (κ3) is 2.25. The van der Waals surface area contributed by atoms with Gasteiger partial charge >= 0.3 is 0 Å². The van der Waals surface area contributed by atoms with Crippen LogP contribution in [0.2, 0.25) is 0 Å². The standard InChI is InChI=1S/C13H12N4OS2/c1-17(7-8-3-2-6-19-8)13(18)11-10(14)9-4-5-15-16-12(9)20-11/h2-6H,7,14H2,1H3. The summed E-state index contributed by atoms with van der Waals surface area (Å²) in [5.41, 5.74) is 6.54. The number of hydrogen-bond acceptors (Lipinski definition) is 6. The number of nitrogens with two attached hydrogens (primary N) is 1. The number of amides is 1. The number of hydrogen-bond donors (Lipinski definition) is 1. The van der Waals surface area contributed by atoms with Crippen molar-refractivity contribution >= 4 is 44.5 Å². The normalized spacial score (nSPS) is 10.8. The van der Waals surface area contributed by atoms with Crippen LogP contribution in [0, 0.1) is 0 Å². The highest BCUT2D eigenvalue weighted by Gasteiger charge is 2.20. The van der Waals surface area contributed by atoms with Gasteiger partial charge < -0.3 is 10.6 Å². The van der Waals surface area contributed by atoms with Crippen LogP contribution in [0.15, 0.2) is 29.8 Å². The molecule has 1 amide bonds. The van der Waals surface area contributed by atoms with Crippen LogP contribution < -0.4 is 5.73 Å². The van der Waals surface area contributed by atoms with Crippen molar-refractivity contribution in [3.63, 3.8) is 0 Å². The second-order valence-electron chi connectivity index (χ2n) is 4.34. The zero-order valence-electron chi connectivity index (χ0n) is 10.7. The molecule has 0 saturated heterocycles. The molecular formula is C13H12N4OS2. The number of nitrogens with zero attached hydrogens (tertiary/aromatic N) is 3. The zero-order chi connectivity index (χ0) is 14.1. The summed E-state index contributed by atoms with van der Waals surface area (Å²) >= 11 is 2.92. The van der Waals surface area contributed by atoms with Crippen LogP contribution in [0.1, 0.15) is 14.5 Å². The highest BCUT2D eigenvalue weighted by Crippen LogP contribution is 2.32. The number of fused-ring (bicyclic) bond motifs is 1. The van der Waals surface area contributed by atoms with Gasteiger partial charge in [0, 0.05) is 17.3 Å². The van der Waals surface area contributed by atoms with Crippen LogP contribution >= 0.6 is 22.7 Å². The highest BCUT2D eigenvalue weighted by molar-refractivity contribution is 7.21. The van der Waals surface area contributed by atoms with Crippen molar-refractivity contribution in [2.24, 2.45) is 0 Å². The van der Waals surface area contributed by atoms with Crippen molar-refractivity contribution in [3.8, 4) is 0 Å². The van der Waals surface area contributed by atoms with Crippen molar-refractivity contribution in [1.29, 1.82) is 0 Å². The quantitative estimate of drug-likeness (QED) is 0.807. The molecule has 0 fully saturated rings. The molecule has 2 N–H and O–H groups in total. The molecule has 5 nitrogen and oxygen atoms in total. The summed E-state index contributed by atoms with van der Waals surface area (Å²) in [4.78, 5) is 16.5. The van der Waals surface area contributed by atoms with Crippen LogP contribution in [0.3, 0.4) is 0 Å². The van der Waals surface area contributed by atoms with Gasteiger partial charge in [-0.25, -0.2) is 0 Å². The molecule has 0 atom stereocenters. The number of anilines is 1. The summed E-state index contributed by atoms with van der Waals surface area (Å²) in [7, 11) is 1.78. The lowest BCUT2D eigenvalue weighted by Crippen LogP contribution is -2.25. The van der Waals surface area contributed by atoms with E-state index in [-0.39, 0.29) is 5.91 Å². The monoisotopic (exact) mass is 304 g/mol. The summed E-state index contributed by atoms with van der Waals surface area (Å²) in [5.74, 6) is -0.0844. The number of nitrogen functional groups attached to an aromatic ring is 1. The molecule has 0 bridgehead atoms. The van der Waals surface area contributed by atoms with Gasteiger partial charge in [0.05, 0.1) is 18.4 Å². The highest BCUT2D eigenvalue weighted by atomic mass is 32.1. The second kappa shape index (κ2) is 5.18. The lowest BCUT2D eigenvalue weighted by atomic mass is 10.2. The number of carbonyl (C=O) groups excluding carboxylic acids is 1. The fourth-order valence-electron chi connectivity index (χ4n) is 1.91. The molecule has 0 spiro atoms. The second-order valence-corrected chi connectivity index (χ2v) is 6.37. The van der Waals surface area contributed by atoms with Crippen LogP contribution in [0.4, 0.5) is 5.69 Å². The van der Waals surface area contributed by atoms with Gasteiger partial charge in [-0.2, -0.15) is 5.10 Å². The Morgan fingerprint density at radius 3 is 3.00 bits per heavy atom. The molecule has 0 aliphatic carbocycles. The van der Waals surface area contributed by atoms with Crippen molar-refractivity contribution < 1.29 is 4.79 Å². The molecule has 0 aliphatic rings. The first-order chi connectivity index (χ1) is 9.66. The van der Waals surface area contributed by atoms with E-state index in [9.17, 15) is 4.79 Å². The van der Waals surface area contributed by atoms with E-state index >= 15 is 0 Å². The van der Waals surface area contributed by atoms with E-state index < -0.39 is 0 Å². The summed E-state index contributed by atoms with van der Waals surface area (Å²) in [6.45, 7) is 0.579. The molecule has 3 rings (SSSR count). The average molecular weight is 304 g/mol. The van der Waals surface area contributed by atoms with Gasteiger partial charge in [0.2, 0.25) is 0 Å². The van der Waals surface area contributed by atoms with Crippen molar-refractivity contribution in [1.82, 2.24) is 15.1 Å². The Morgan fingerprint density at radius 2 is 2.30 bits per heavy atom. The minimum atomic E-state index is -0.0844. The van der Waals surface area contributed by atoms with Crippen molar-refractivity contribution in [2.75, 3.05) is 12.8 Å². The molecule has 0 aromatic carbocycles. The number of carbonyl (C=O) groups is 1. The summed E-state index contributed by atoms with van der Waals surface area (Å²) < 4.78 is 0. The third-order valence-corrected chi connectivity index (χ3v) is 4.89. The maximum atomic E-state index is 12.5. The molecule has 0 saturated carbocycles. The first-order valence-electron chi connectivity index (χ1n) is 5.94. The van der Waals surface area contributed by atoms with Crippen LogP contribution in [-0.4, -0.2) is 28.1 Å². The van der Waals surface area contributed by atoms with Gasteiger partial charge in [0.15, 0.2) is 0 Å². The fraction of sp³-hybridized carbons (Fsp3) is 0.154. The Hall–Kier alpha value is -1.99. The average Bonchev–Trinajstić information content (AvgIpc) is 3.07. The van der Waals surface area contributed by atoms with E-state index in [1.807, 2.05) is 17.5 Å². The Bertz CT molecular complexity index is 751. The predicted octanol–water partition coefficient (Wildman–Crippen LogP) is 2.61. The Morgan fingerprint density at radius 1 is 1.45 bits per heavy atom. The van der Waals surface area contributed by atoms with Gasteiger partial charge in [-0.3, -0.25) is 4.79 Å². The molecule has 20 heavy (non-hydrogen) atoms. The molecule has 7 heteroatoms. The summed E-state index contributed by atoms with van der Waals surface area (Å²) in [5, 5.41) is 10.6. The van der Waals surface area contributed by atoms with Gasteiger partial charge in [-0.15, -0.1) is 27.8 Å². The molecular weight excluding hydrogens is 292 g/mol. The molecule has 102 valence electrons. The third-order valence-electron chi connectivity index (χ3n) is 2.93. The fourth-order valence-corrected chi connectivity index (χ4v) is 3.70. The van der Waals surface area contributed by atoms with Crippen LogP contribution in [0.5, 0.6) is 0 Å². The lowest BCUT2D eigenvalue weighted by Gasteiger charge is -2.15. The van der Waals surface area contributed by atoms with Gasteiger partial charge in [0.1, 0.15) is 9.71 Å². The van der Waals surface area contributed by atoms with E-state index in [2.05, 4.69) is 10.2 Å². The molecule has 0 radical (unpaired) electrons. The maximum absolute atomic E-state index is 12.5. The Kier molecular flexibility index (Phi) is 3.37. The SMILES string of the molecule is CN(Cc1cccs1)C(=O)c1sc2nnccc2c1N. The van der Waals surface area contributed by atoms with E-state index in [4.69, 9.17) is 5.73 Å². The van der Waals surface area contributed by atoms with Gasteiger partial charge in [-0.05, 0) is 17.5 Å². The van der Waals surface area contributed by atoms with Gasteiger partial charge in [0.25, 0.3) is 5.91 Å². The lowest BCUT2D eigenvalue weighted by molar-refractivity contribution is 0.0792. The van der Waals surface area contributed by atoms with Crippen molar-refractivity contribution in [2.45, 2.75) is 6.54 Å². The number of thiophene rings is 2. The van der Waals surface area contributed by atoms with Crippen LogP contribution in [0.25, 0.3) is 10.2 Å². The van der Waals surface area contributed by atoms with Crippen LogP contribution in [-0.2, 0) is 6.54 Å². The molecule has 3 aromatic heterocycles. The number of aromatic nitrogens is 2. The summed E-state index contributed by atoms with van der Waals surface area (Å²) in [6.07, 6.45) is 1.58. The van der Waals surface area contributed by atoms with Crippen molar-refractivity contribution in [3.05, 3.63) is 39.5 Å². The van der Waals surface area contributed by atoms with E-state index in [1.54, 1.807) is 35.5 Å². The minimum absolute atomic E-state index is 0.0844. The number of rotatable bonds is 3. The molecule has 3 aromatic rings. The molecule has 3 heterocycles. The zero-order valence-corrected chi connectivity index (χ0v) is 12.4. The Balaban J connectivity index is 1.90. The largest absolute Gasteiger partial charge is 0.397 e. The first-order valence-corrected chi connectivity index (χ1v) is 7.64. The summed E-state index contributed by atoms with van der Waals surface area (Å²) in [6, 6.07) is 5.76. The van der Waals surface area contributed by atoms with Gasteiger partial charge in [-0.1, -0.05) is 6.07 Å². The van der Waals surface area contributed by atoms with E-state index in [0.717, 1.165) is 10.3 Å². The molecule has 0 unspecified atom stereocenters. The molecule has 0 aliphatic heterocycles. The Labute approximate surface area is 123 Å².